The van der Waals surface area contributed by atoms with Gasteiger partial charge in [0.05, 0.1) is 6.04 Å². The summed E-state index contributed by atoms with van der Waals surface area (Å²) < 4.78 is 10.7. The number of nitrogens with zero attached hydrogens (tertiary/aromatic N) is 1. The number of fused-ring (bicyclic) bond motifs is 1. The van der Waals surface area contributed by atoms with Crippen LogP contribution in [0.2, 0.25) is 0 Å². The first-order valence-corrected chi connectivity index (χ1v) is 8.75. The molecular weight excluding hydrogens is 336 g/mol. The highest BCUT2D eigenvalue weighted by molar-refractivity contribution is 6.02. The maximum absolute atomic E-state index is 12.6. The lowest BCUT2D eigenvalue weighted by atomic mass is 9.83. The molecule has 0 spiro atoms. The van der Waals surface area contributed by atoms with Gasteiger partial charge in [-0.15, -0.1) is 0 Å². The molecule has 0 aliphatic carbocycles. The number of rotatable bonds is 3. The van der Waals surface area contributed by atoms with E-state index in [1.807, 2.05) is 0 Å². The number of carbonyl (C=O) groups is 3. The molecule has 7 nitrogen and oxygen atoms in total. The Morgan fingerprint density at radius 2 is 1.73 bits per heavy atom. The highest BCUT2D eigenvalue weighted by atomic mass is 16.6. The van der Waals surface area contributed by atoms with E-state index in [0.29, 0.717) is 18.4 Å². The summed E-state index contributed by atoms with van der Waals surface area (Å²) in [7, 11) is 0. The third-order valence-corrected chi connectivity index (χ3v) is 3.99. The van der Waals surface area contributed by atoms with Crippen LogP contribution >= 0.6 is 0 Å². The van der Waals surface area contributed by atoms with Crippen molar-refractivity contribution in [3.8, 4) is 0 Å². The third kappa shape index (κ3) is 4.26. The molecule has 0 radical (unpaired) electrons. The molecule has 0 bridgehead atoms. The smallest absolute Gasteiger partial charge is 0.408 e. The lowest BCUT2D eigenvalue weighted by Gasteiger charge is -2.50. The molecule has 0 aromatic rings. The van der Waals surface area contributed by atoms with Crippen molar-refractivity contribution >= 4 is 18.0 Å². The Kier molecular flexibility index (Phi) is 5.21. The molecule has 26 heavy (non-hydrogen) atoms. The Hall–Kier alpha value is -2.31. The van der Waals surface area contributed by atoms with Crippen molar-refractivity contribution in [1.82, 2.24) is 10.2 Å². The molecule has 2 atom stereocenters. The maximum Gasteiger partial charge on any atom is 0.408 e. The van der Waals surface area contributed by atoms with Crippen LogP contribution in [0.15, 0.2) is 23.9 Å². The summed E-state index contributed by atoms with van der Waals surface area (Å²) >= 11 is 0. The molecule has 2 aliphatic heterocycles. The average Bonchev–Trinajstić information content (AvgIpc) is 2.47. The normalized spacial score (nSPS) is 23.0. The van der Waals surface area contributed by atoms with Gasteiger partial charge in [-0.2, -0.15) is 0 Å². The van der Waals surface area contributed by atoms with Gasteiger partial charge >= 0.3 is 12.1 Å². The van der Waals surface area contributed by atoms with E-state index in [9.17, 15) is 14.4 Å². The van der Waals surface area contributed by atoms with E-state index in [1.54, 1.807) is 47.6 Å². The van der Waals surface area contributed by atoms with E-state index in [2.05, 4.69) is 11.9 Å². The van der Waals surface area contributed by atoms with Crippen molar-refractivity contribution in [3.63, 3.8) is 0 Å². The molecule has 1 N–H and O–H groups in total. The van der Waals surface area contributed by atoms with Gasteiger partial charge in [0, 0.05) is 0 Å². The topological polar surface area (TPSA) is 84.9 Å². The molecule has 2 amide bonds. The van der Waals surface area contributed by atoms with Crippen LogP contribution in [0.5, 0.6) is 0 Å². The predicted molar refractivity (Wildman–Crippen MR) is 96.1 cm³/mol. The van der Waals surface area contributed by atoms with Crippen molar-refractivity contribution in [2.45, 2.75) is 77.7 Å². The predicted octanol–water partition coefficient (Wildman–Crippen LogP) is 2.67. The number of carbonyl (C=O) groups excluding carboxylic acids is 3. The molecule has 2 aliphatic rings. The van der Waals surface area contributed by atoms with Crippen LogP contribution in [0.1, 0.15) is 54.4 Å². The van der Waals surface area contributed by atoms with E-state index in [-0.39, 0.29) is 17.6 Å². The molecule has 7 heteroatoms. The van der Waals surface area contributed by atoms with Gasteiger partial charge in [0.2, 0.25) is 0 Å². The van der Waals surface area contributed by atoms with Crippen LogP contribution < -0.4 is 5.32 Å². The Balaban J connectivity index is 2.17. The molecule has 1 saturated heterocycles. The van der Waals surface area contributed by atoms with Gasteiger partial charge in [-0.05, 0) is 60.0 Å². The number of β-lactam (4-membered cyclic amide) rings is 1. The summed E-state index contributed by atoms with van der Waals surface area (Å²) in [6.07, 6.45) is 2.14. The summed E-state index contributed by atoms with van der Waals surface area (Å²) in [5.41, 5.74) is -0.426. The average molecular weight is 364 g/mol. The number of hydrogen-bond acceptors (Lipinski definition) is 5. The van der Waals surface area contributed by atoms with E-state index in [0.717, 1.165) is 0 Å². The summed E-state index contributed by atoms with van der Waals surface area (Å²) in [5.74, 6) is -0.901. The van der Waals surface area contributed by atoms with Crippen LogP contribution in [-0.4, -0.2) is 46.2 Å². The van der Waals surface area contributed by atoms with Crippen LogP contribution in [-0.2, 0) is 19.1 Å². The first-order chi connectivity index (χ1) is 11.8. The van der Waals surface area contributed by atoms with Gasteiger partial charge in [-0.25, -0.2) is 9.59 Å². The highest BCUT2D eigenvalue weighted by Gasteiger charge is 2.54. The van der Waals surface area contributed by atoms with Gasteiger partial charge in [-0.1, -0.05) is 12.7 Å². The molecule has 0 saturated carbocycles. The summed E-state index contributed by atoms with van der Waals surface area (Å²) in [6, 6.07) is -0.991. The van der Waals surface area contributed by atoms with Crippen molar-refractivity contribution in [3.05, 3.63) is 23.9 Å². The van der Waals surface area contributed by atoms with Gasteiger partial charge in [0.25, 0.3) is 5.91 Å². The standard InChI is InChI=1S/C19H28N2O5/c1-8-11-9-10-12-13(20-17(24)26-19(5,6)7)15(22)21(12)14(11)16(23)25-18(2,3)4/h8,12-13H,1,9-10H2,2-7H3,(H,20,24). The molecule has 0 aromatic carbocycles. The third-order valence-electron chi connectivity index (χ3n) is 3.99. The number of alkyl carbamates (subject to hydrolysis) is 1. The largest absolute Gasteiger partial charge is 0.455 e. The number of amides is 2. The van der Waals surface area contributed by atoms with Crippen molar-refractivity contribution in [1.29, 1.82) is 0 Å². The van der Waals surface area contributed by atoms with E-state index < -0.39 is 29.3 Å². The summed E-state index contributed by atoms with van der Waals surface area (Å²) in [6.45, 7) is 14.3. The minimum absolute atomic E-state index is 0.221. The second-order valence-electron chi connectivity index (χ2n) is 8.52. The van der Waals surface area contributed by atoms with Gasteiger partial charge in [-0.3, -0.25) is 9.69 Å². The quantitative estimate of drug-likeness (QED) is 0.615. The van der Waals surface area contributed by atoms with Crippen molar-refractivity contribution < 1.29 is 23.9 Å². The lowest BCUT2D eigenvalue weighted by Crippen LogP contribution is -2.72. The SMILES string of the molecule is C=CC1=C(C(=O)OC(C)(C)C)N2C(=O)C(NC(=O)OC(C)(C)C)C2CC1. The summed E-state index contributed by atoms with van der Waals surface area (Å²) in [5, 5.41) is 2.61. The van der Waals surface area contributed by atoms with Crippen LogP contribution in [0.4, 0.5) is 4.79 Å². The van der Waals surface area contributed by atoms with Gasteiger partial charge < -0.3 is 14.8 Å². The van der Waals surface area contributed by atoms with Crippen molar-refractivity contribution in [2.75, 3.05) is 0 Å². The molecule has 1 fully saturated rings. The Labute approximate surface area is 154 Å². The molecule has 2 unspecified atom stereocenters. The van der Waals surface area contributed by atoms with Crippen molar-refractivity contribution in [2.24, 2.45) is 0 Å². The zero-order valence-electron chi connectivity index (χ0n) is 16.3. The molecule has 2 rings (SSSR count). The highest BCUT2D eigenvalue weighted by Crippen LogP contribution is 2.38. The minimum Gasteiger partial charge on any atom is -0.455 e. The number of allylic oxidation sites excluding steroid dienone is 2. The Morgan fingerprint density at radius 3 is 2.23 bits per heavy atom. The first kappa shape index (κ1) is 20.0. The number of ether oxygens (including phenoxy) is 2. The van der Waals surface area contributed by atoms with E-state index in [4.69, 9.17) is 9.47 Å². The summed E-state index contributed by atoms with van der Waals surface area (Å²) in [4.78, 5) is 38.6. The van der Waals surface area contributed by atoms with Crippen LogP contribution in [0, 0.1) is 0 Å². The first-order valence-electron chi connectivity index (χ1n) is 8.75. The lowest BCUT2D eigenvalue weighted by molar-refractivity contribution is -0.161. The van der Waals surface area contributed by atoms with E-state index >= 15 is 0 Å². The fraction of sp³-hybridized carbons (Fsp3) is 0.632. The van der Waals surface area contributed by atoms with Crippen LogP contribution in [0.25, 0.3) is 0 Å². The molecule has 2 heterocycles. The number of hydrogen-bond donors (Lipinski definition) is 1. The van der Waals surface area contributed by atoms with Gasteiger partial charge in [0.15, 0.2) is 0 Å². The maximum atomic E-state index is 12.6. The van der Waals surface area contributed by atoms with E-state index in [1.165, 1.54) is 4.90 Å². The second kappa shape index (κ2) is 6.78. The minimum atomic E-state index is -0.700. The second-order valence-corrected chi connectivity index (χ2v) is 8.52. The zero-order valence-corrected chi connectivity index (χ0v) is 16.3. The Bertz CT molecular complexity index is 666. The van der Waals surface area contributed by atoms with Crippen LogP contribution in [0.3, 0.4) is 0 Å². The molecular formula is C19H28N2O5. The zero-order chi connectivity index (χ0) is 19.9. The Morgan fingerprint density at radius 1 is 1.15 bits per heavy atom. The number of nitrogens with one attached hydrogen (secondary N) is 1. The number of esters is 1. The molecule has 144 valence electrons. The molecule has 0 aromatic heterocycles. The fourth-order valence-corrected chi connectivity index (χ4v) is 3.04. The monoisotopic (exact) mass is 364 g/mol. The fourth-order valence-electron chi connectivity index (χ4n) is 3.04. The van der Waals surface area contributed by atoms with Gasteiger partial charge in [0.1, 0.15) is 22.9 Å².